The zero-order chi connectivity index (χ0) is 15.7. The highest BCUT2D eigenvalue weighted by Crippen LogP contribution is 2.10. The summed E-state index contributed by atoms with van der Waals surface area (Å²) in [5.41, 5.74) is 0.984. The Morgan fingerprint density at radius 2 is 2.00 bits per heavy atom. The second kappa shape index (κ2) is 8.57. The molecule has 3 amide bonds. The topological polar surface area (TPSA) is 96.5 Å². The summed E-state index contributed by atoms with van der Waals surface area (Å²) in [6.07, 6.45) is -0.435. The van der Waals surface area contributed by atoms with Crippen LogP contribution < -0.4 is 16.0 Å². The molecule has 0 aromatic heterocycles. The summed E-state index contributed by atoms with van der Waals surface area (Å²) >= 11 is 0. The molecule has 0 saturated carbocycles. The van der Waals surface area contributed by atoms with E-state index >= 15 is 0 Å². The first-order valence-electron chi connectivity index (χ1n) is 6.59. The zero-order valence-electron chi connectivity index (χ0n) is 12.1. The van der Waals surface area contributed by atoms with Crippen molar-refractivity contribution in [1.82, 2.24) is 10.6 Å². The number of anilines is 1. The molecule has 7 nitrogen and oxygen atoms in total. The number of nitrogens with one attached hydrogen (secondary N) is 3. The van der Waals surface area contributed by atoms with Crippen molar-refractivity contribution in [2.75, 3.05) is 25.5 Å². The number of carbonyl (C=O) groups excluding carboxylic acids is 3. The van der Waals surface area contributed by atoms with Gasteiger partial charge in [-0.1, -0.05) is 6.07 Å². The number of hydrogen-bond acceptors (Lipinski definition) is 4. The first kappa shape index (κ1) is 16.5. The molecule has 0 spiro atoms. The number of hydrogen-bond donors (Lipinski definition) is 3. The van der Waals surface area contributed by atoms with Gasteiger partial charge in [-0.2, -0.15) is 0 Å². The predicted octanol–water partition coefficient (Wildman–Crippen LogP) is 1.12. The van der Waals surface area contributed by atoms with E-state index in [4.69, 9.17) is 0 Å². The molecular formula is C14H19N3O4. The van der Waals surface area contributed by atoms with Crippen molar-refractivity contribution in [3.8, 4) is 0 Å². The number of carbonyl (C=O) groups is 3. The van der Waals surface area contributed by atoms with Gasteiger partial charge in [-0.25, -0.2) is 4.79 Å². The molecular weight excluding hydrogens is 274 g/mol. The Balaban J connectivity index is 2.44. The standard InChI is InChI=1S/C14H19N3O4/c1-3-21-14(20)16-8-7-12(18)17-11-6-4-5-10(9-11)13(19)15-2/h4-6,9H,3,7-8H2,1-2H3,(H,15,19)(H,16,20)(H,17,18). The van der Waals surface area contributed by atoms with E-state index in [0.29, 0.717) is 11.3 Å². The van der Waals surface area contributed by atoms with Gasteiger partial charge < -0.3 is 20.7 Å². The fourth-order valence-electron chi connectivity index (χ4n) is 1.57. The summed E-state index contributed by atoms with van der Waals surface area (Å²) in [6.45, 7) is 2.16. The van der Waals surface area contributed by atoms with Gasteiger partial charge in [0.25, 0.3) is 5.91 Å². The number of amides is 3. The Morgan fingerprint density at radius 3 is 2.67 bits per heavy atom. The van der Waals surface area contributed by atoms with Crippen molar-refractivity contribution >= 4 is 23.6 Å². The van der Waals surface area contributed by atoms with Gasteiger partial charge in [0.05, 0.1) is 6.61 Å². The normalized spacial score (nSPS) is 9.62. The van der Waals surface area contributed by atoms with E-state index in [2.05, 4.69) is 20.7 Å². The van der Waals surface area contributed by atoms with Crippen molar-refractivity contribution in [1.29, 1.82) is 0 Å². The lowest BCUT2D eigenvalue weighted by molar-refractivity contribution is -0.116. The van der Waals surface area contributed by atoms with E-state index in [-0.39, 0.29) is 31.4 Å². The fraction of sp³-hybridized carbons (Fsp3) is 0.357. The largest absolute Gasteiger partial charge is 0.450 e. The van der Waals surface area contributed by atoms with Crippen LogP contribution >= 0.6 is 0 Å². The Kier molecular flexibility index (Phi) is 6.73. The molecule has 7 heteroatoms. The maximum Gasteiger partial charge on any atom is 0.407 e. The summed E-state index contributed by atoms with van der Waals surface area (Å²) < 4.78 is 4.67. The minimum atomic E-state index is -0.549. The molecule has 1 aromatic rings. The molecule has 0 bridgehead atoms. The first-order chi connectivity index (χ1) is 10.1. The van der Waals surface area contributed by atoms with Crippen LogP contribution in [0, 0.1) is 0 Å². The van der Waals surface area contributed by atoms with Crippen molar-refractivity contribution in [2.45, 2.75) is 13.3 Å². The van der Waals surface area contributed by atoms with Gasteiger partial charge in [0.15, 0.2) is 0 Å². The van der Waals surface area contributed by atoms with Crippen molar-refractivity contribution in [3.05, 3.63) is 29.8 Å². The number of rotatable bonds is 6. The van der Waals surface area contributed by atoms with E-state index in [0.717, 1.165) is 0 Å². The van der Waals surface area contributed by atoms with E-state index in [1.807, 2.05) is 0 Å². The second-order valence-electron chi connectivity index (χ2n) is 4.11. The van der Waals surface area contributed by atoms with Gasteiger partial charge in [-0.05, 0) is 25.1 Å². The van der Waals surface area contributed by atoms with Gasteiger partial charge in [0.2, 0.25) is 5.91 Å². The third kappa shape index (κ3) is 5.94. The first-order valence-corrected chi connectivity index (χ1v) is 6.59. The Bertz CT molecular complexity index is 517. The molecule has 0 aliphatic carbocycles. The highest BCUT2D eigenvalue weighted by atomic mass is 16.5. The highest BCUT2D eigenvalue weighted by Gasteiger charge is 2.07. The molecule has 0 unspecified atom stereocenters. The number of ether oxygens (including phenoxy) is 1. The predicted molar refractivity (Wildman–Crippen MR) is 78.1 cm³/mol. The minimum absolute atomic E-state index is 0.114. The SMILES string of the molecule is CCOC(=O)NCCC(=O)Nc1cccc(C(=O)NC)c1. The molecule has 0 heterocycles. The van der Waals surface area contributed by atoms with Crippen LogP contribution in [0.3, 0.4) is 0 Å². The van der Waals surface area contributed by atoms with Gasteiger partial charge in [0, 0.05) is 31.3 Å². The summed E-state index contributed by atoms with van der Waals surface area (Å²) in [5, 5.41) is 7.62. The second-order valence-corrected chi connectivity index (χ2v) is 4.11. The van der Waals surface area contributed by atoms with Crippen LogP contribution in [-0.4, -0.2) is 38.1 Å². The molecule has 0 aliphatic rings. The summed E-state index contributed by atoms with van der Waals surface area (Å²) in [7, 11) is 1.54. The lowest BCUT2D eigenvalue weighted by atomic mass is 10.2. The Hall–Kier alpha value is -2.57. The lowest BCUT2D eigenvalue weighted by Gasteiger charge is -2.08. The third-order valence-corrected chi connectivity index (χ3v) is 2.53. The van der Waals surface area contributed by atoms with Gasteiger partial charge in [-0.3, -0.25) is 9.59 Å². The molecule has 0 saturated heterocycles. The van der Waals surface area contributed by atoms with E-state index in [1.54, 1.807) is 31.2 Å². The molecule has 1 aromatic carbocycles. The molecule has 0 fully saturated rings. The van der Waals surface area contributed by atoms with E-state index < -0.39 is 6.09 Å². The molecule has 114 valence electrons. The molecule has 0 atom stereocenters. The average molecular weight is 293 g/mol. The van der Waals surface area contributed by atoms with E-state index in [9.17, 15) is 14.4 Å². The quantitative estimate of drug-likeness (QED) is 0.732. The maximum atomic E-state index is 11.7. The van der Waals surface area contributed by atoms with Crippen LogP contribution in [0.25, 0.3) is 0 Å². The summed E-state index contributed by atoms with van der Waals surface area (Å²) in [6, 6.07) is 6.59. The molecule has 0 aliphatic heterocycles. The summed E-state index contributed by atoms with van der Waals surface area (Å²) in [4.78, 5) is 34.2. The van der Waals surface area contributed by atoms with Gasteiger partial charge in [0.1, 0.15) is 0 Å². The van der Waals surface area contributed by atoms with Crippen LogP contribution in [0.1, 0.15) is 23.7 Å². The smallest absolute Gasteiger partial charge is 0.407 e. The van der Waals surface area contributed by atoms with Crippen LogP contribution in [0.2, 0.25) is 0 Å². The van der Waals surface area contributed by atoms with Crippen LogP contribution in [0.15, 0.2) is 24.3 Å². The monoisotopic (exact) mass is 293 g/mol. The summed E-state index contributed by atoms with van der Waals surface area (Å²) in [5.74, 6) is -0.490. The van der Waals surface area contributed by atoms with Crippen molar-refractivity contribution in [2.24, 2.45) is 0 Å². The van der Waals surface area contributed by atoms with Crippen LogP contribution in [0.4, 0.5) is 10.5 Å². The zero-order valence-corrected chi connectivity index (χ0v) is 12.1. The van der Waals surface area contributed by atoms with Crippen LogP contribution in [0.5, 0.6) is 0 Å². The lowest BCUT2D eigenvalue weighted by Crippen LogP contribution is -2.28. The van der Waals surface area contributed by atoms with Crippen molar-refractivity contribution < 1.29 is 19.1 Å². The van der Waals surface area contributed by atoms with Crippen LogP contribution in [-0.2, 0) is 9.53 Å². The Labute approximate surface area is 123 Å². The van der Waals surface area contributed by atoms with Gasteiger partial charge >= 0.3 is 6.09 Å². The minimum Gasteiger partial charge on any atom is -0.450 e. The molecule has 21 heavy (non-hydrogen) atoms. The number of alkyl carbamates (subject to hydrolysis) is 1. The van der Waals surface area contributed by atoms with E-state index in [1.165, 1.54) is 7.05 Å². The highest BCUT2D eigenvalue weighted by molar-refractivity contribution is 5.97. The third-order valence-electron chi connectivity index (χ3n) is 2.53. The molecule has 0 radical (unpaired) electrons. The fourth-order valence-corrected chi connectivity index (χ4v) is 1.57. The van der Waals surface area contributed by atoms with Crippen molar-refractivity contribution in [3.63, 3.8) is 0 Å². The van der Waals surface area contributed by atoms with Gasteiger partial charge in [-0.15, -0.1) is 0 Å². The molecule has 3 N–H and O–H groups in total. The number of benzene rings is 1. The maximum absolute atomic E-state index is 11.7. The average Bonchev–Trinajstić information content (AvgIpc) is 2.47. The Morgan fingerprint density at radius 1 is 1.24 bits per heavy atom. The molecule has 1 rings (SSSR count).